The number of nitrogen functional groups attached to an aromatic ring is 1. The van der Waals surface area contributed by atoms with E-state index in [2.05, 4.69) is 21.7 Å². The van der Waals surface area contributed by atoms with Crippen LogP contribution < -0.4 is 10.6 Å². The number of nitrogens with zero attached hydrogens (tertiary/aromatic N) is 3. The van der Waals surface area contributed by atoms with E-state index in [9.17, 15) is 13.2 Å². The number of piperazine rings is 1. The zero-order valence-corrected chi connectivity index (χ0v) is 17.3. The molecule has 0 bridgehead atoms. The first-order chi connectivity index (χ1) is 13.8. The van der Waals surface area contributed by atoms with Gasteiger partial charge in [0.2, 0.25) is 10.0 Å². The molecule has 0 saturated carbocycles. The molecule has 2 aromatic rings. The number of sulfonamides is 1. The molecule has 2 heterocycles. The lowest BCUT2D eigenvalue weighted by Gasteiger charge is -2.39. The molecule has 1 aliphatic heterocycles. The van der Waals surface area contributed by atoms with E-state index in [1.807, 2.05) is 24.3 Å². The summed E-state index contributed by atoms with van der Waals surface area (Å²) < 4.78 is 27.4. The Labute approximate surface area is 171 Å². The highest BCUT2D eigenvalue weighted by Gasteiger charge is 2.33. The van der Waals surface area contributed by atoms with Gasteiger partial charge in [0.05, 0.1) is 0 Å². The van der Waals surface area contributed by atoms with E-state index in [1.54, 1.807) is 13.8 Å². The van der Waals surface area contributed by atoms with Crippen molar-refractivity contribution in [3.63, 3.8) is 0 Å². The van der Waals surface area contributed by atoms with Crippen LogP contribution in [0, 0.1) is 11.8 Å². The van der Waals surface area contributed by atoms with Gasteiger partial charge in [0.1, 0.15) is 22.5 Å². The average Bonchev–Trinajstić information content (AvgIpc) is 2.69. The van der Waals surface area contributed by atoms with Gasteiger partial charge in [-0.25, -0.2) is 13.4 Å². The lowest BCUT2D eigenvalue weighted by Crippen LogP contribution is -2.54. The molecule has 1 aromatic heterocycles. The molecule has 1 saturated heterocycles. The second kappa shape index (κ2) is 8.64. The first-order valence-electron chi connectivity index (χ1n) is 9.30. The van der Waals surface area contributed by atoms with E-state index < -0.39 is 10.0 Å². The zero-order chi connectivity index (χ0) is 21.0. The van der Waals surface area contributed by atoms with Crippen molar-refractivity contribution < 1.29 is 13.2 Å². The van der Waals surface area contributed by atoms with Gasteiger partial charge in [-0.05, 0) is 43.7 Å². The molecule has 7 nitrogen and oxygen atoms in total. The third kappa shape index (κ3) is 4.75. The molecule has 29 heavy (non-hydrogen) atoms. The number of nitrogens with two attached hydrogens (primary N) is 1. The molecule has 0 spiro atoms. The molecule has 8 heteroatoms. The molecule has 2 N–H and O–H groups in total. The molecule has 1 aliphatic rings. The molecule has 1 atom stereocenters. The van der Waals surface area contributed by atoms with Crippen LogP contribution in [0.15, 0.2) is 47.5 Å². The number of pyridine rings is 1. The zero-order valence-electron chi connectivity index (χ0n) is 16.5. The number of Topliss-reactive ketones (excluding diaryl/α,β-unsaturated/α-hetero) is 1. The highest BCUT2D eigenvalue weighted by molar-refractivity contribution is 7.89. The van der Waals surface area contributed by atoms with E-state index in [1.165, 1.54) is 22.6 Å². The van der Waals surface area contributed by atoms with E-state index in [-0.39, 0.29) is 29.1 Å². The maximum Gasteiger partial charge on any atom is 0.244 e. The third-order valence-electron chi connectivity index (χ3n) is 4.77. The van der Waals surface area contributed by atoms with Crippen LogP contribution in [0.4, 0.5) is 11.5 Å². The van der Waals surface area contributed by atoms with Crippen LogP contribution in [-0.2, 0) is 21.2 Å². The van der Waals surface area contributed by atoms with Crippen LogP contribution in [0.2, 0.25) is 0 Å². The van der Waals surface area contributed by atoms with Gasteiger partial charge < -0.3 is 10.6 Å². The summed E-state index contributed by atoms with van der Waals surface area (Å²) in [5.41, 5.74) is 7.48. The van der Waals surface area contributed by atoms with E-state index in [0.717, 1.165) is 11.3 Å². The van der Waals surface area contributed by atoms with Crippen LogP contribution in [0.25, 0.3) is 0 Å². The number of ketones is 1. The fourth-order valence-corrected chi connectivity index (χ4v) is 4.75. The number of rotatable bonds is 5. The van der Waals surface area contributed by atoms with Gasteiger partial charge in [-0.3, -0.25) is 4.79 Å². The third-order valence-corrected chi connectivity index (χ3v) is 6.62. The minimum atomic E-state index is -3.67. The average molecular weight is 413 g/mol. The second-order valence-electron chi connectivity index (χ2n) is 6.93. The Morgan fingerprint density at radius 2 is 1.93 bits per heavy atom. The number of hydrogen-bond donors (Lipinski definition) is 1. The van der Waals surface area contributed by atoms with E-state index in [0.29, 0.717) is 19.5 Å². The highest BCUT2D eigenvalue weighted by atomic mass is 32.2. The van der Waals surface area contributed by atoms with E-state index in [4.69, 9.17) is 5.73 Å². The second-order valence-corrected chi connectivity index (χ2v) is 8.87. The van der Waals surface area contributed by atoms with Gasteiger partial charge in [-0.15, -0.1) is 5.92 Å². The molecule has 0 unspecified atom stereocenters. The van der Waals surface area contributed by atoms with Gasteiger partial charge in [-0.1, -0.05) is 18.1 Å². The van der Waals surface area contributed by atoms with Crippen molar-refractivity contribution in [2.45, 2.75) is 31.2 Å². The standard InChI is InChI=1S/C21H24N4O3S/c1-3-4-19-15-24(29(27,28)20-9-10-21(22)23-14-20)11-12-25(19)18-7-5-17(6-8-18)13-16(2)26/h5-10,14,19H,11-13,15H2,1-2H3,(H2,22,23)/t19-/m0/s1. The minimum Gasteiger partial charge on any atom is -0.384 e. The summed E-state index contributed by atoms with van der Waals surface area (Å²) >= 11 is 0. The maximum atomic E-state index is 13.0. The highest BCUT2D eigenvalue weighted by Crippen LogP contribution is 2.25. The van der Waals surface area contributed by atoms with Crippen molar-refractivity contribution in [1.29, 1.82) is 0 Å². The van der Waals surface area contributed by atoms with Crippen LogP contribution in [-0.4, -0.2) is 49.2 Å². The van der Waals surface area contributed by atoms with Crippen LogP contribution in [0.1, 0.15) is 19.4 Å². The first kappa shape index (κ1) is 20.8. The quantitative estimate of drug-likeness (QED) is 0.751. The lowest BCUT2D eigenvalue weighted by atomic mass is 10.1. The van der Waals surface area contributed by atoms with Crippen molar-refractivity contribution >= 4 is 27.3 Å². The fourth-order valence-electron chi connectivity index (χ4n) is 3.36. The van der Waals surface area contributed by atoms with Crippen molar-refractivity contribution in [2.24, 2.45) is 0 Å². The molecule has 0 aliphatic carbocycles. The molecule has 0 amide bonds. The van der Waals surface area contributed by atoms with Crippen LogP contribution in [0.5, 0.6) is 0 Å². The number of hydrogen-bond acceptors (Lipinski definition) is 6. The Hall–Kier alpha value is -2.89. The fraction of sp³-hybridized carbons (Fsp3) is 0.333. The normalized spacial score (nSPS) is 17.4. The maximum absolute atomic E-state index is 13.0. The monoisotopic (exact) mass is 412 g/mol. The van der Waals surface area contributed by atoms with E-state index >= 15 is 0 Å². The predicted octanol–water partition coefficient (Wildman–Crippen LogP) is 1.70. The Bertz CT molecular complexity index is 1040. The van der Waals surface area contributed by atoms with Crippen molar-refractivity contribution in [1.82, 2.24) is 9.29 Å². The summed E-state index contributed by atoms with van der Waals surface area (Å²) in [5, 5.41) is 0. The Morgan fingerprint density at radius 3 is 2.52 bits per heavy atom. The number of benzene rings is 1. The van der Waals surface area contributed by atoms with Crippen LogP contribution in [0.3, 0.4) is 0 Å². The van der Waals surface area contributed by atoms with Crippen molar-refractivity contribution in [3.8, 4) is 11.8 Å². The summed E-state index contributed by atoms with van der Waals surface area (Å²) in [4.78, 5) is 17.4. The van der Waals surface area contributed by atoms with Gasteiger partial charge in [0, 0.05) is 37.9 Å². The van der Waals surface area contributed by atoms with Gasteiger partial charge in [0.15, 0.2) is 0 Å². The Balaban J connectivity index is 1.81. The summed E-state index contributed by atoms with van der Waals surface area (Å²) in [5.74, 6) is 6.42. The van der Waals surface area contributed by atoms with Gasteiger partial charge in [-0.2, -0.15) is 4.31 Å². The smallest absolute Gasteiger partial charge is 0.244 e. The molecule has 152 valence electrons. The molecule has 0 radical (unpaired) electrons. The summed E-state index contributed by atoms with van der Waals surface area (Å²) in [6.45, 7) is 4.40. The molecule has 3 rings (SSSR count). The Kier molecular flexibility index (Phi) is 6.20. The summed E-state index contributed by atoms with van der Waals surface area (Å²) in [7, 11) is -3.67. The predicted molar refractivity (Wildman–Crippen MR) is 113 cm³/mol. The summed E-state index contributed by atoms with van der Waals surface area (Å²) in [6, 6.07) is 10.4. The van der Waals surface area contributed by atoms with Crippen molar-refractivity contribution in [2.75, 3.05) is 30.3 Å². The topological polar surface area (TPSA) is 96.6 Å². The van der Waals surface area contributed by atoms with Gasteiger partial charge >= 0.3 is 0 Å². The number of carbonyl (C=O) groups is 1. The molecular formula is C21H24N4O3S. The Morgan fingerprint density at radius 1 is 1.21 bits per heavy atom. The lowest BCUT2D eigenvalue weighted by molar-refractivity contribution is -0.116. The number of carbonyl (C=O) groups excluding carboxylic acids is 1. The first-order valence-corrected chi connectivity index (χ1v) is 10.7. The SMILES string of the molecule is CC#C[C@H]1CN(S(=O)(=O)c2ccc(N)nc2)CCN1c1ccc(CC(C)=O)cc1. The summed E-state index contributed by atoms with van der Waals surface area (Å²) in [6.07, 6.45) is 1.69. The van der Waals surface area contributed by atoms with Gasteiger partial charge in [0.25, 0.3) is 0 Å². The molecule has 1 fully saturated rings. The van der Waals surface area contributed by atoms with Crippen LogP contribution >= 0.6 is 0 Å². The largest absolute Gasteiger partial charge is 0.384 e. The number of aromatic nitrogens is 1. The minimum absolute atomic E-state index is 0.114. The van der Waals surface area contributed by atoms with Crippen molar-refractivity contribution in [3.05, 3.63) is 48.2 Å². The molecular weight excluding hydrogens is 388 g/mol. The molecule has 1 aromatic carbocycles. The number of anilines is 2.